The van der Waals surface area contributed by atoms with Crippen LogP contribution in [-0.2, 0) is 32.8 Å². The van der Waals surface area contributed by atoms with E-state index in [1.54, 1.807) is 0 Å². The first-order chi connectivity index (χ1) is 21.0. The summed E-state index contributed by atoms with van der Waals surface area (Å²) in [4.78, 5) is 34.8. The van der Waals surface area contributed by atoms with Gasteiger partial charge in [-0.1, -0.05) is 0 Å². The van der Waals surface area contributed by atoms with Gasteiger partial charge in [-0.3, -0.25) is 18.9 Å². The molecule has 1 saturated carbocycles. The smallest absolute Gasteiger partial charge is 0.336 e. The van der Waals surface area contributed by atoms with Gasteiger partial charge < -0.3 is 34.9 Å². The monoisotopic (exact) mass is 657 g/mol. The number of aliphatic hydroxyl groups is 1. The Kier molecular flexibility index (Phi) is 7.12. The van der Waals surface area contributed by atoms with Gasteiger partial charge in [-0.25, -0.2) is 28.5 Å². The molecule has 2 saturated heterocycles. The molecule has 0 aromatic carbocycles. The highest BCUT2D eigenvalue weighted by Gasteiger charge is 2.51. The fourth-order valence-electron chi connectivity index (χ4n) is 5.79. The number of aromatic amines is 1. The van der Waals surface area contributed by atoms with Crippen molar-refractivity contribution in [3.63, 3.8) is 0 Å². The van der Waals surface area contributed by atoms with Crippen LogP contribution in [-0.4, -0.2) is 96.3 Å². The van der Waals surface area contributed by atoms with Gasteiger partial charge in [0.15, 0.2) is 35.0 Å². The third-order valence-corrected chi connectivity index (χ3v) is 9.69. The maximum atomic E-state index is 15.8. The van der Waals surface area contributed by atoms with Crippen molar-refractivity contribution < 1.29 is 40.4 Å². The third-order valence-electron chi connectivity index (χ3n) is 7.83. The number of aliphatic hydroxyl groups excluding tert-OH is 1. The topological polar surface area (TPSA) is 280 Å². The van der Waals surface area contributed by atoms with Gasteiger partial charge in [0.1, 0.15) is 30.2 Å². The number of anilines is 2. The summed E-state index contributed by atoms with van der Waals surface area (Å²) in [6.45, 7) is -0.951. The van der Waals surface area contributed by atoms with Gasteiger partial charge in [0, 0.05) is 12.5 Å². The van der Waals surface area contributed by atoms with E-state index in [9.17, 15) is 22.9 Å². The van der Waals surface area contributed by atoms with Crippen molar-refractivity contribution in [2.75, 3.05) is 24.6 Å². The van der Waals surface area contributed by atoms with Crippen molar-refractivity contribution in [1.29, 1.82) is 0 Å². The molecule has 4 aromatic heterocycles. The Morgan fingerprint density at radius 2 is 1.86 bits per heavy atom. The predicted molar refractivity (Wildman–Crippen MR) is 146 cm³/mol. The van der Waals surface area contributed by atoms with Crippen LogP contribution in [0, 0.1) is 5.92 Å². The number of nitrogens with zero attached hydrogens (tertiary/aromatic N) is 7. The summed E-state index contributed by atoms with van der Waals surface area (Å²) in [5, 5.41) is 11.1. The van der Waals surface area contributed by atoms with Crippen LogP contribution in [0.25, 0.3) is 22.3 Å². The minimum atomic E-state index is -4.65. The number of nitrogens with one attached hydrogen (secondary N) is 2. The SMILES string of the molecule is Nc1nc2c(ncn2[C@@H]2C[C@@H]3CO[PH](=O)O[C@@H]4[C@@H](CNS(=O)(=O)O[C@@H]2[C@@H]3O)OC(n2cnc3c(N)ncnc32)[C@@H]4F)c(=O)[nH]1. The number of fused-ring (bicyclic) bond motifs is 5. The lowest BCUT2D eigenvalue weighted by molar-refractivity contribution is -0.0187. The molecule has 0 radical (unpaired) electrons. The fraction of sp³-hybridized carbons (Fsp3) is 0.524. The van der Waals surface area contributed by atoms with Crippen LogP contribution in [0.2, 0.25) is 0 Å². The van der Waals surface area contributed by atoms with Gasteiger partial charge in [-0.2, -0.15) is 18.1 Å². The quantitative estimate of drug-likeness (QED) is 0.150. The van der Waals surface area contributed by atoms with Crippen LogP contribution in [0.5, 0.6) is 0 Å². The normalized spacial score (nSPS) is 34.4. The van der Waals surface area contributed by atoms with Crippen molar-refractivity contribution in [1.82, 2.24) is 43.8 Å². The van der Waals surface area contributed by atoms with Gasteiger partial charge in [0.25, 0.3) is 5.56 Å². The van der Waals surface area contributed by atoms with Gasteiger partial charge in [-0.05, 0) is 6.42 Å². The number of nitrogens with two attached hydrogens (primary N) is 2. The van der Waals surface area contributed by atoms with Crippen LogP contribution in [0.4, 0.5) is 16.2 Å². The summed E-state index contributed by atoms with van der Waals surface area (Å²) in [6, 6.07) is -0.931. The Hall–Kier alpha value is -3.63. The molecule has 3 aliphatic rings. The lowest BCUT2D eigenvalue weighted by atomic mass is 10.1. The van der Waals surface area contributed by atoms with Gasteiger partial charge in [0.2, 0.25) is 5.95 Å². The van der Waals surface area contributed by atoms with E-state index in [0.717, 1.165) is 6.33 Å². The van der Waals surface area contributed by atoms with Crippen LogP contribution in [0.15, 0.2) is 23.8 Å². The zero-order valence-corrected chi connectivity index (χ0v) is 24.1. The van der Waals surface area contributed by atoms with Gasteiger partial charge in [0.05, 0.1) is 31.4 Å². The molecule has 236 valence electrons. The van der Waals surface area contributed by atoms with Crippen LogP contribution >= 0.6 is 8.25 Å². The molecule has 23 heteroatoms. The van der Waals surface area contributed by atoms with E-state index in [1.807, 2.05) is 0 Å². The van der Waals surface area contributed by atoms with Crippen molar-refractivity contribution in [3.05, 3.63) is 29.3 Å². The van der Waals surface area contributed by atoms with Crippen LogP contribution < -0.4 is 21.7 Å². The molecule has 9 atom stereocenters. The first-order valence-corrected chi connectivity index (χ1v) is 15.8. The molecule has 7 rings (SSSR count). The largest absolute Gasteiger partial charge is 0.390 e. The Balaban J connectivity index is 1.19. The van der Waals surface area contributed by atoms with E-state index in [4.69, 9.17) is 29.4 Å². The van der Waals surface area contributed by atoms with Crippen molar-refractivity contribution >= 4 is 52.7 Å². The van der Waals surface area contributed by atoms with Crippen molar-refractivity contribution in [2.45, 2.75) is 49.3 Å². The molecule has 44 heavy (non-hydrogen) atoms. The molecule has 6 heterocycles. The number of nitrogen functional groups attached to an aromatic ring is 2. The van der Waals surface area contributed by atoms with E-state index in [-0.39, 0.29) is 47.1 Å². The van der Waals surface area contributed by atoms with Crippen LogP contribution in [0.1, 0.15) is 18.7 Å². The number of rotatable bonds is 2. The molecule has 0 amide bonds. The number of H-pyrrole nitrogens is 1. The number of aromatic nitrogens is 8. The molecule has 1 aliphatic carbocycles. The second-order valence-electron chi connectivity index (χ2n) is 10.4. The molecular formula is C21H25FN11O9PS. The summed E-state index contributed by atoms with van der Waals surface area (Å²) < 4.78 is 82.0. The summed E-state index contributed by atoms with van der Waals surface area (Å²) >= 11 is 0. The Labute approximate surface area is 246 Å². The second-order valence-corrected chi connectivity index (χ2v) is 12.8. The van der Waals surface area contributed by atoms with Crippen molar-refractivity contribution in [2.24, 2.45) is 5.92 Å². The number of ether oxygens (including phenoxy) is 1. The summed E-state index contributed by atoms with van der Waals surface area (Å²) in [5.41, 5.74) is 11.2. The Morgan fingerprint density at radius 3 is 2.68 bits per heavy atom. The maximum Gasteiger partial charge on any atom is 0.336 e. The minimum Gasteiger partial charge on any atom is -0.390 e. The number of hydrogen-bond acceptors (Lipinski definition) is 16. The van der Waals surface area contributed by atoms with Crippen LogP contribution in [0.3, 0.4) is 0 Å². The second kappa shape index (κ2) is 10.8. The first-order valence-electron chi connectivity index (χ1n) is 13.1. The Morgan fingerprint density at radius 1 is 1.09 bits per heavy atom. The molecule has 2 bridgehead atoms. The number of alkyl halides is 1. The van der Waals surface area contributed by atoms with E-state index in [1.165, 1.54) is 21.8 Å². The molecule has 7 N–H and O–H groups in total. The standard InChI is InChI=1S/C21H25FN11O9PS/c22-10-15-9(40-20(10)33-6-27-11-16(23)25-4-26-17(11)33)2-29-44(37,38)42-14-8(1-7(13(14)34)3-39-43(36)41-15)32-5-28-12-18(32)30-21(24)31-19(12)35/h4-10,13-15,20,29,34,43H,1-3H2,(H2,23,25,26)(H3,24,30,31,35)/t7-,8-,9-,10-,13-,14+,15-,20?/m1/s1. The molecular weight excluding hydrogens is 632 g/mol. The molecule has 0 spiro atoms. The van der Waals surface area contributed by atoms with Gasteiger partial charge in [-0.15, -0.1) is 0 Å². The zero-order valence-electron chi connectivity index (χ0n) is 22.3. The third kappa shape index (κ3) is 4.92. The molecule has 20 nitrogen and oxygen atoms in total. The highest BCUT2D eigenvalue weighted by molar-refractivity contribution is 7.84. The molecule has 2 unspecified atom stereocenters. The highest BCUT2D eigenvalue weighted by Crippen LogP contribution is 2.44. The highest BCUT2D eigenvalue weighted by atomic mass is 32.2. The minimum absolute atomic E-state index is 0.0258. The Bertz CT molecular complexity index is 1940. The lowest BCUT2D eigenvalue weighted by Crippen LogP contribution is -2.43. The molecule has 3 fully saturated rings. The molecule has 2 aliphatic heterocycles. The average molecular weight is 658 g/mol. The fourth-order valence-corrected chi connectivity index (χ4v) is 7.68. The first kappa shape index (κ1) is 29.1. The predicted octanol–water partition coefficient (Wildman–Crippen LogP) is -1.69. The lowest BCUT2D eigenvalue weighted by Gasteiger charge is -2.24. The number of imidazole rings is 2. The summed E-state index contributed by atoms with van der Waals surface area (Å²) in [5.74, 6) is -0.987. The van der Waals surface area contributed by atoms with E-state index < -0.39 is 79.4 Å². The number of halogens is 1. The average Bonchev–Trinajstić information content (AvgIpc) is 3.72. The van der Waals surface area contributed by atoms with E-state index >= 15 is 4.39 Å². The molecule has 4 aromatic rings. The van der Waals surface area contributed by atoms with Gasteiger partial charge >= 0.3 is 18.6 Å². The summed E-state index contributed by atoms with van der Waals surface area (Å²) in [6.07, 6.45) is -5.50. The number of hydrogen-bond donors (Lipinski definition) is 5. The maximum absolute atomic E-state index is 15.8. The van der Waals surface area contributed by atoms with Crippen molar-refractivity contribution in [3.8, 4) is 0 Å². The van der Waals surface area contributed by atoms with E-state index in [0.29, 0.717) is 0 Å². The van der Waals surface area contributed by atoms with E-state index in [2.05, 4.69) is 34.6 Å². The zero-order chi connectivity index (χ0) is 30.9. The summed E-state index contributed by atoms with van der Waals surface area (Å²) in [7, 11) is -8.06.